The smallest absolute Gasteiger partial charge is 0.245 e. The molecule has 11 N–H and O–H groups in total. The Morgan fingerprint density at radius 2 is 1.35 bits per heavy atom. The molecule has 23 heteroatoms. The summed E-state index contributed by atoms with van der Waals surface area (Å²) >= 11 is 0. The summed E-state index contributed by atoms with van der Waals surface area (Å²) in [6, 6.07) is -7.95. The Morgan fingerprint density at radius 3 is 1.94 bits per heavy atom. The molecule has 10 amide bonds. The van der Waals surface area contributed by atoms with Gasteiger partial charge in [-0.25, -0.2) is 0 Å². The lowest BCUT2D eigenvalue weighted by Gasteiger charge is -2.29. The lowest BCUT2D eigenvalue weighted by Crippen LogP contribution is -2.60. The van der Waals surface area contributed by atoms with Crippen LogP contribution in [0, 0.1) is 11.8 Å². The Hall–Kier alpha value is -5.71. The van der Waals surface area contributed by atoms with Gasteiger partial charge >= 0.3 is 0 Å². The molecule has 0 bridgehead atoms. The summed E-state index contributed by atoms with van der Waals surface area (Å²) in [5.74, 6) is -8.05. The summed E-state index contributed by atoms with van der Waals surface area (Å²) in [6.45, 7) is 10.4. The standard InChI is InChI=1S/C42H69N11O12/c1-22(2)16-29(39(62)47-25(6)36(59)46-21-34(58)53-15-9-10-31(53)42(65)52-13-7-8-14-52)50-41(64)35(23(3)4)51-40(63)30(17-24(5)54)49-38(61)27(11-12-32(43)56)48-33(57)20-45-37(60)28-18-26(55)19-44-28/h22-23,25-31,35,44,55H,7-21H2,1-6H3,(H2,43,56)(H,45,60)(H,46,59)(H,47,62)(H,48,57)(H,49,61)(H,50,64)(H,51,63)/t25-,26+,27-,28-,29-,30-,31-,35-/m0/s1. The summed E-state index contributed by atoms with van der Waals surface area (Å²) in [4.78, 5) is 146. The Labute approximate surface area is 379 Å². The van der Waals surface area contributed by atoms with E-state index < -0.39 is 126 Å². The van der Waals surface area contributed by atoms with Crippen molar-refractivity contribution in [3.05, 3.63) is 0 Å². The highest BCUT2D eigenvalue weighted by Gasteiger charge is 2.38. The molecule has 364 valence electrons. The lowest BCUT2D eigenvalue weighted by molar-refractivity contribution is -0.143. The number of amides is 10. The molecular formula is C42H69N11O12. The summed E-state index contributed by atoms with van der Waals surface area (Å²) in [6.07, 6.45) is 1.37. The average Bonchev–Trinajstić information content (AvgIpc) is 4.04. The van der Waals surface area contributed by atoms with Crippen molar-refractivity contribution in [1.29, 1.82) is 0 Å². The number of ketones is 1. The molecule has 3 heterocycles. The van der Waals surface area contributed by atoms with Crippen LogP contribution in [0.25, 0.3) is 0 Å². The number of aliphatic hydroxyl groups is 1. The minimum Gasteiger partial charge on any atom is -0.392 e. The number of hydrogen-bond acceptors (Lipinski definition) is 13. The van der Waals surface area contributed by atoms with Crippen LogP contribution in [0.1, 0.15) is 99.3 Å². The van der Waals surface area contributed by atoms with Crippen molar-refractivity contribution in [3.63, 3.8) is 0 Å². The van der Waals surface area contributed by atoms with Gasteiger partial charge in [0.1, 0.15) is 42.0 Å². The zero-order valence-electron chi connectivity index (χ0n) is 38.3. The lowest BCUT2D eigenvalue weighted by atomic mass is 9.99. The number of nitrogens with one attached hydrogen (secondary N) is 8. The molecule has 3 rings (SSSR count). The van der Waals surface area contributed by atoms with Gasteiger partial charge in [-0.05, 0) is 70.6 Å². The number of carbonyl (C=O) groups excluding carboxylic acids is 11. The van der Waals surface area contributed by atoms with Gasteiger partial charge in [-0.3, -0.25) is 52.7 Å². The number of carbonyl (C=O) groups is 11. The van der Waals surface area contributed by atoms with Gasteiger partial charge in [0.15, 0.2) is 0 Å². The van der Waals surface area contributed by atoms with E-state index in [-0.39, 0.29) is 50.6 Å². The normalized spacial score (nSPS) is 20.5. The van der Waals surface area contributed by atoms with E-state index in [1.54, 1.807) is 32.6 Å². The van der Waals surface area contributed by atoms with Gasteiger partial charge in [0.05, 0.1) is 25.2 Å². The van der Waals surface area contributed by atoms with E-state index in [9.17, 15) is 57.8 Å². The maximum atomic E-state index is 13.8. The number of β-amino-alcohol motifs (C(OH)–C–C–N with tert-alkyl or cyclic N) is 1. The largest absolute Gasteiger partial charge is 0.392 e. The molecule has 3 fully saturated rings. The third kappa shape index (κ3) is 17.3. The van der Waals surface area contributed by atoms with E-state index in [0.29, 0.717) is 32.5 Å². The van der Waals surface area contributed by atoms with Gasteiger partial charge in [0, 0.05) is 39.0 Å². The first kappa shape index (κ1) is 53.6. The number of rotatable bonds is 24. The van der Waals surface area contributed by atoms with Crippen molar-refractivity contribution in [2.45, 2.75) is 148 Å². The quantitative estimate of drug-likeness (QED) is 0.0442. The van der Waals surface area contributed by atoms with Gasteiger partial charge < -0.3 is 63.2 Å². The van der Waals surface area contributed by atoms with Crippen LogP contribution in [0.2, 0.25) is 0 Å². The summed E-state index contributed by atoms with van der Waals surface area (Å²) in [5, 5.41) is 30.0. The monoisotopic (exact) mass is 920 g/mol. The molecule has 0 aromatic heterocycles. The minimum atomic E-state index is -1.57. The number of likely N-dealkylation sites (tertiary alicyclic amines) is 2. The highest BCUT2D eigenvalue weighted by molar-refractivity contribution is 5.99. The number of primary amides is 1. The summed E-state index contributed by atoms with van der Waals surface area (Å²) < 4.78 is 0. The van der Waals surface area contributed by atoms with Crippen molar-refractivity contribution in [3.8, 4) is 0 Å². The maximum Gasteiger partial charge on any atom is 0.245 e. The second-order valence-corrected chi connectivity index (χ2v) is 17.8. The second kappa shape index (κ2) is 25.7. The van der Waals surface area contributed by atoms with Gasteiger partial charge in [-0.2, -0.15) is 0 Å². The number of nitrogens with zero attached hydrogens (tertiary/aromatic N) is 2. The van der Waals surface area contributed by atoms with Gasteiger partial charge in [0.2, 0.25) is 59.1 Å². The SMILES string of the molecule is CC(=O)C[C@H](NC(=O)[C@H](CCC(N)=O)NC(=O)CNC(=O)[C@@H]1C[C@@H](O)CN1)C(=O)N[C@H](C(=O)N[C@@H](CC(C)C)C(=O)N[C@@H](C)C(=O)NCC(=O)N1CCC[C@H]1C(=O)N1CCCC1)C(C)C. The fourth-order valence-corrected chi connectivity index (χ4v) is 7.80. The number of hydrogen-bond donors (Lipinski definition) is 10. The number of Topliss-reactive ketones (excluding diaryl/α,β-unsaturated/α-hetero) is 1. The molecule has 8 atom stereocenters. The molecule has 3 aliphatic rings. The van der Waals surface area contributed by atoms with Crippen LogP contribution in [0.3, 0.4) is 0 Å². The molecule has 3 aliphatic heterocycles. The predicted octanol–water partition coefficient (Wildman–Crippen LogP) is -4.05. The zero-order valence-corrected chi connectivity index (χ0v) is 38.3. The van der Waals surface area contributed by atoms with Crippen LogP contribution >= 0.6 is 0 Å². The van der Waals surface area contributed by atoms with Crippen LogP contribution < -0.4 is 48.3 Å². The molecule has 23 nitrogen and oxygen atoms in total. The van der Waals surface area contributed by atoms with Gasteiger partial charge in [0.25, 0.3) is 0 Å². The van der Waals surface area contributed by atoms with Crippen molar-refractivity contribution in [2.24, 2.45) is 17.6 Å². The van der Waals surface area contributed by atoms with Crippen LogP contribution in [-0.4, -0.2) is 167 Å². The predicted molar refractivity (Wildman–Crippen MR) is 232 cm³/mol. The number of nitrogens with two attached hydrogens (primary N) is 1. The Balaban J connectivity index is 1.63. The Bertz CT molecular complexity index is 1770. The van der Waals surface area contributed by atoms with Crippen molar-refractivity contribution < 1.29 is 57.8 Å². The fourth-order valence-electron chi connectivity index (χ4n) is 7.80. The minimum absolute atomic E-state index is 0.0911. The molecule has 3 saturated heterocycles. The van der Waals surface area contributed by atoms with E-state index >= 15 is 0 Å². The molecule has 0 radical (unpaired) electrons. The van der Waals surface area contributed by atoms with E-state index in [1.807, 2.05) is 0 Å². The van der Waals surface area contributed by atoms with Gasteiger partial charge in [-0.1, -0.05) is 27.7 Å². The third-order valence-electron chi connectivity index (χ3n) is 11.3. The average molecular weight is 920 g/mol. The van der Waals surface area contributed by atoms with E-state index in [4.69, 9.17) is 5.73 Å². The third-order valence-corrected chi connectivity index (χ3v) is 11.3. The summed E-state index contributed by atoms with van der Waals surface area (Å²) in [7, 11) is 0. The van der Waals surface area contributed by atoms with Crippen LogP contribution in [0.5, 0.6) is 0 Å². The van der Waals surface area contributed by atoms with Crippen LogP contribution in [0.15, 0.2) is 0 Å². The summed E-state index contributed by atoms with van der Waals surface area (Å²) in [5.41, 5.74) is 5.28. The van der Waals surface area contributed by atoms with E-state index in [0.717, 1.165) is 12.8 Å². The van der Waals surface area contributed by atoms with Crippen molar-refractivity contribution in [1.82, 2.24) is 52.3 Å². The Morgan fingerprint density at radius 1 is 0.723 bits per heavy atom. The molecule has 0 aromatic rings. The fraction of sp³-hybridized carbons (Fsp3) is 0.738. The highest BCUT2D eigenvalue weighted by atomic mass is 16.3. The van der Waals surface area contributed by atoms with E-state index in [2.05, 4.69) is 42.5 Å². The molecule has 65 heavy (non-hydrogen) atoms. The molecule has 0 aromatic carbocycles. The second-order valence-electron chi connectivity index (χ2n) is 17.8. The zero-order chi connectivity index (χ0) is 48.5. The first-order valence-electron chi connectivity index (χ1n) is 22.4. The van der Waals surface area contributed by atoms with Crippen LogP contribution in [-0.2, 0) is 52.7 Å². The van der Waals surface area contributed by atoms with Gasteiger partial charge in [-0.15, -0.1) is 0 Å². The first-order chi connectivity index (χ1) is 30.6. The van der Waals surface area contributed by atoms with Crippen molar-refractivity contribution >= 4 is 64.9 Å². The topological polar surface area (TPSA) is 337 Å². The molecule has 0 aliphatic carbocycles. The maximum absolute atomic E-state index is 13.8. The number of aliphatic hydroxyl groups excluding tert-OH is 1. The van der Waals surface area contributed by atoms with Crippen molar-refractivity contribution in [2.75, 3.05) is 39.3 Å². The molecule has 0 saturated carbocycles. The molecular weight excluding hydrogens is 851 g/mol. The molecule has 0 unspecified atom stereocenters. The van der Waals surface area contributed by atoms with Crippen LogP contribution in [0.4, 0.5) is 0 Å². The first-order valence-corrected chi connectivity index (χ1v) is 22.4. The van der Waals surface area contributed by atoms with E-state index in [1.165, 1.54) is 18.7 Å². The Kier molecular flexibility index (Phi) is 21.2. The molecule has 0 spiro atoms. The highest BCUT2D eigenvalue weighted by Crippen LogP contribution is 2.22.